The van der Waals surface area contributed by atoms with Gasteiger partial charge in [-0.1, -0.05) is 32.7 Å². The molecule has 2 heterocycles. The highest BCUT2D eigenvalue weighted by molar-refractivity contribution is 8.14. The molecule has 2 aromatic rings. The number of aryl methyl sites for hydroxylation is 1. The predicted octanol–water partition coefficient (Wildman–Crippen LogP) is 5.94. The number of hydrogen-bond acceptors (Lipinski definition) is 4. The number of methoxy groups -OCH3 is 1. The average Bonchev–Trinajstić information content (AvgIpc) is 3.42. The third kappa shape index (κ3) is 8.82. The molecular weight excluding hydrogens is 416 g/mol. The van der Waals surface area contributed by atoms with Crippen LogP contribution >= 0.6 is 10.5 Å². The minimum Gasteiger partial charge on any atom is -0.382 e. The van der Waals surface area contributed by atoms with E-state index in [1.165, 1.54) is 21.9 Å². The van der Waals surface area contributed by atoms with E-state index in [0.717, 1.165) is 37.2 Å². The number of terminal acetylenes is 1. The zero-order valence-electron chi connectivity index (χ0n) is 20.7. The van der Waals surface area contributed by atoms with Gasteiger partial charge < -0.3 is 15.4 Å². The Balaban J connectivity index is 0.000000646. The van der Waals surface area contributed by atoms with E-state index in [-0.39, 0.29) is 10.5 Å². The summed E-state index contributed by atoms with van der Waals surface area (Å²) in [5.74, 6) is 6.84. The third-order valence-electron chi connectivity index (χ3n) is 5.70. The number of nitrogens with zero attached hydrogens (tertiary/aromatic N) is 1. The standard InChI is InChI=1S/C20H29N3OS.C4H11N.C2H2/c1-5-15(7-6-14(2)24-3)18-13-20(23-22-18)21-17-9-8-16-10-11-25(4)19(16)12-17;1-4(2)5-3;1-2/h8-9,12-15H,4-7,10-11H2,1-3H3,(H2,21,22,23);4-5H,1-3H3;1-2H. The van der Waals surface area contributed by atoms with Crippen molar-refractivity contribution in [1.82, 2.24) is 15.5 Å². The van der Waals surface area contributed by atoms with E-state index in [2.05, 4.69) is 91.5 Å². The number of ether oxygens (including phenoxy) is 1. The Morgan fingerprint density at radius 2 is 1.91 bits per heavy atom. The van der Waals surface area contributed by atoms with Gasteiger partial charge in [0.05, 0.1) is 6.10 Å². The van der Waals surface area contributed by atoms with Gasteiger partial charge in [-0.05, 0) is 63.1 Å². The van der Waals surface area contributed by atoms with Crippen molar-refractivity contribution in [2.45, 2.75) is 76.3 Å². The summed E-state index contributed by atoms with van der Waals surface area (Å²) in [6.07, 6.45) is 12.7. The highest BCUT2D eigenvalue weighted by atomic mass is 32.2. The summed E-state index contributed by atoms with van der Waals surface area (Å²) in [7, 11) is 3.87. The molecule has 1 aromatic carbocycles. The molecule has 0 saturated heterocycles. The van der Waals surface area contributed by atoms with Crippen molar-refractivity contribution in [3.63, 3.8) is 0 Å². The van der Waals surface area contributed by atoms with Gasteiger partial charge in [-0.15, -0.1) is 12.8 Å². The van der Waals surface area contributed by atoms with E-state index in [4.69, 9.17) is 4.74 Å². The molecule has 3 rings (SSSR count). The number of H-pyrrole nitrogens is 1. The molecule has 0 aliphatic carbocycles. The maximum atomic E-state index is 5.37. The molecule has 0 bridgehead atoms. The van der Waals surface area contributed by atoms with Crippen LogP contribution in [-0.2, 0) is 11.2 Å². The van der Waals surface area contributed by atoms with Crippen LogP contribution in [0.25, 0.3) is 0 Å². The summed E-state index contributed by atoms with van der Waals surface area (Å²) >= 11 is 0. The molecule has 3 atom stereocenters. The van der Waals surface area contributed by atoms with Crippen LogP contribution in [0.4, 0.5) is 11.5 Å². The fourth-order valence-electron chi connectivity index (χ4n) is 3.34. The predicted molar refractivity (Wildman–Crippen MR) is 143 cm³/mol. The third-order valence-corrected chi connectivity index (χ3v) is 7.40. The van der Waals surface area contributed by atoms with E-state index >= 15 is 0 Å². The molecule has 1 aliphatic rings. The van der Waals surface area contributed by atoms with Crippen molar-refractivity contribution in [2.24, 2.45) is 0 Å². The Hall–Kier alpha value is -2.07. The fourth-order valence-corrected chi connectivity index (χ4v) is 4.86. The van der Waals surface area contributed by atoms with Gasteiger partial charge in [0, 0.05) is 41.4 Å². The molecule has 3 unspecified atom stereocenters. The van der Waals surface area contributed by atoms with Crippen LogP contribution in [-0.4, -0.2) is 48.1 Å². The lowest BCUT2D eigenvalue weighted by molar-refractivity contribution is 0.107. The second-order valence-corrected chi connectivity index (χ2v) is 10.1. The summed E-state index contributed by atoms with van der Waals surface area (Å²) < 4.78 is 5.37. The highest BCUT2D eigenvalue weighted by Gasteiger charge is 2.16. The number of fused-ring (bicyclic) bond motifs is 1. The van der Waals surface area contributed by atoms with E-state index in [0.29, 0.717) is 18.1 Å². The first kappa shape index (κ1) is 28.0. The molecule has 178 valence electrons. The summed E-state index contributed by atoms with van der Waals surface area (Å²) in [5.41, 5.74) is 3.75. The average molecular weight is 459 g/mol. The van der Waals surface area contributed by atoms with Crippen molar-refractivity contribution in [1.29, 1.82) is 0 Å². The van der Waals surface area contributed by atoms with Crippen LogP contribution in [0, 0.1) is 12.8 Å². The maximum absolute atomic E-state index is 5.37. The van der Waals surface area contributed by atoms with Crippen LogP contribution in [0.2, 0.25) is 0 Å². The second-order valence-electron chi connectivity index (χ2n) is 8.28. The van der Waals surface area contributed by atoms with E-state index in [1.807, 2.05) is 7.05 Å². The van der Waals surface area contributed by atoms with E-state index in [9.17, 15) is 0 Å². The van der Waals surface area contributed by atoms with Crippen LogP contribution in [0.1, 0.15) is 64.1 Å². The maximum Gasteiger partial charge on any atom is 0.152 e. The molecule has 0 amide bonds. The molecular formula is C26H42N4OS. The molecule has 0 fully saturated rings. The lowest BCUT2D eigenvalue weighted by Gasteiger charge is -2.15. The molecule has 0 radical (unpaired) electrons. The van der Waals surface area contributed by atoms with Crippen molar-refractivity contribution >= 4 is 27.9 Å². The highest BCUT2D eigenvalue weighted by Crippen LogP contribution is 2.38. The zero-order valence-corrected chi connectivity index (χ0v) is 21.5. The van der Waals surface area contributed by atoms with Gasteiger partial charge >= 0.3 is 0 Å². The number of benzene rings is 1. The Morgan fingerprint density at radius 1 is 1.22 bits per heavy atom. The number of rotatable bonds is 9. The Morgan fingerprint density at radius 3 is 2.50 bits per heavy atom. The summed E-state index contributed by atoms with van der Waals surface area (Å²) in [6, 6.07) is 9.39. The Bertz CT molecular complexity index is 843. The minimum atomic E-state index is 0.142. The molecule has 1 aromatic heterocycles. The van der Waals surface area contributed by atoms with Crippen LogP contribution in [0.5, 0.6) is 0 Å². The van der Waals surface area contributed by atoms with Gasteiger partial charge in [0.2, 0.25) is 0 Å². The number of aromatic nitrogens is 2. The molecule has 32 heavy (non-hydrogen) atoms. The van der Waals surface area contributed by atoms with Crippen LogP contribution in [0.3, 0.4) is 0 Å². The van der Waals surface area contributed by atoms with Crippen molar-refractivity contribution < 1.29 is 4.74 Å². The van der Waals surface area contributed by atoms with Gasteiger partial charge in [-0.3, -0.25) is 5.10 Å². The summed E-state index contributed by atoms with van der Waals surface area (Å²) in [4.78, 5) is 1.40. The summed E-state index contributed by atoms with van der Waals surface area (Å²) in [5, 5.41) is 14.1. The normalized spacial score (nSPS) is 16.2. The Labute approximate surface area is 198 Å². The molecule has 5 nitrogen and oxygen atoms in total. The summed E-state index contributed by atoms with van der Waals surface area (Å²) in [6.45, 7) is 8.57. The molecule has 0 spiro atoms. The topological polar surface area (TPSA) is 62.0 Å². The van der Waals surface area contributed by atoms with E-state index < -0.39 is 0 Å². The largest absolute Gasteiger partial charge is 0.382 e. The van der Waals surface area contributed by atoms with Crippen molar-refractivity contribution in [3.05, 3.63) is 35.5 Å². The lowest BCUT2D eigenvalue weighted by atomic mass is 9.95. The fraction of sp³-hybridized carbons (Fsp3) is 0.538. The molecule has 3 N–H and O–H groups in total. The number of anilines is 2. The van der Waals surface area contributed by atoms with Gasteiger partial charge in [0.1, 0.15) is 0 Å². The van der Waals surface area contributed by atoms with Gasteiger partial charge in [0.15, 0.2) is 5.82 Å². The quantitative estimate of drug-likeness (QED) is 0.321. The van der Waals surface area contributed by atoms with Crippen molar-refractivity contribution in [2.75, 3.05) is 25.2 Å². The monoisotopic (exact) mass is 458 g/mol. The number of aromatic amines is 1. The molecule has 1 aliphatic heterocycles. The second kappa shape index (κ2) is 14.9. The molecule has 0 saturated carbocycles. The van der Waals surface area contributed by atoms with Crippen LogP contribution in [0.15, 0.2) is 29.2 Å². The first-order valence-corrected chi connectivity index (χ1v) is 12.9. The van der Waals surface area contributed by atoms with Gasteiger partial charge in [-0.25, -0.2) is 0 Å². The van der Waals surface area contributed by atoms with E-state index in [1.54, 1.807) is 7.11 Å². The van der Waals surface area contributed by atoms with Crippen molar-refractivity contribution in [3.8, 4) is 12.8 Å². The first-order chi connectivity index (χ1) is 15.4. The first-order valence-electron chi connectivity index (χ1n) is 11.4. The number of nitrogens with one attached hydrogen (secondary N) is 3. The number of hydrogen-bond donors (Lipinski definition) is 3. The smallest absolute Gasteiger partial charge is 0.152 e. The van der Waals surface area contributed by atoms with Gasteiger partial charge in [-0.2, -0.15) is 15.6 Å². The Kier molecular flexibility index (Phi) is 13.0. The lowest BCUT2D eigenvalue weighted by Crippen LogP contribution is -2.15. The van der Waals surface area contributed by atoms with Crippen LogP contribution < -0.4 is 10.6 Å². The minimum absolute atomic E-state index is 0.142. The zero-order chi connectivity index (χ0) is 24.1. The SMILES string of the molecule is C#C.C=S1CCc2ccc(Nc3cc(C(CC)CCC(C)OC)[nH]n3)cc21.CNC(C)C. The molecule has 6 heteroatoms. The van der Waals surface area contributed by atoms with Gasteiger partial charge in [0.25, 0.3) is 0 Å².